The van der Waals surface area contributed by atoms with Crippen molar-refractivity contribution < 1.29 is 12.8 Å². The normalized spacial score (nSPS) is 11.6. The number of sulfone groups is 1. The Morgan fingerprint density at radius 3 is 2.73 bits per heavy atom. The average molecular weight is 231 g/mol. The van der Waals surface area contributed by atoms with E-state index in [1.165, 1.54) is 18.4 Å². The van der Waals surface area contributed by atoms with Crippen LogP contribution in [0.3, 0.4) is 0 Å². The van der Waals surface area contributed by atoms with Gasteiger partial charge in [0.2, 0.25) is 0 Å². The summed E-state index contributed by atoms with van der Waals surface area (Å²) in [5, 5.41) is 2.94. The number of rotatable bonds is 5. The van der Waals surface area contributed by atoms with Crippen LogP contribution in [0.4, 0.5) is 4.39 Å². The fourth-order valence-corrected chi connectivity index (χ4v) is 1.65. The Kier molecular flexibility index (Phi) is 4.23. The van der Waals surface area contributed by atoms with Crippen LogP contribution in [-0.2, 0) is 16.4 Å². The highest BCUT2D eigenvalue weighted by molar-refractivity contribution is 7.90. The van der Waals surface area contributed by atoms with Gasteiger partial charge in [-0.05, 0) is 17.7 Å². The number of hydrogen-bond donors (Lipinski definition) is 1. The summed E-state index contributed by atoms with van der Waals surface area (Å²) >= 11 is 0. The number of halogens is 1. The SMILES string of the molecule is CS(=O)(=O)CCNCc1cccc(F)c1. The maximum atomic E-state index is 12.7. The highest BCUT2D eigenvalue weighted by Gasteiger charge is 2.00. The first-order valence-electron chi connectivity index (χ1n) is 4.60. The van der Waals surface area contributed by atoms with Gasteiger partial charge in [-0.3, -0.25) is 0 Å². The second-order valence-electron chi connectivity index (χ2n) is 3.44. The van der Waals surface area contributed by atoms with Crippen molar-refractivity contribution in [1.82, 2.24) is 5.32 Å². The first kappa shape index (κ1) is 12.1. The van der Waals surface area contributed by atoms with Crippen LogP contribution in [0.2, 0.25) is 0 Å². The molecule has 0 fully saturated rings. The molecule has 0 unspecified atom stereocenters. The van der Waals surface area contributed by atoms with Gasteiger partial charge in [0.1, 0.15) is 15.7 Å². The van der Waals surface area contributed by atoms with Crippen LogP contribution < -0.4 is 5.32 Å². The molecule has 0 radical (unpaired) electrons. The van der Waals surface area contributed by atoms with E-state index in [-0.39, 0.29) is 11.6 Å². The second kappa shape index (κ2) is 5.23. The highest BCUT2D eigenvalue weighted by Crippen LogP contribution is 2.02. The van der Waals surface area contributed by atoms with Gasteiger partial charge in [0.25, 0.3) is 0 Å². The molecule has 1 aromatic carbocycles. The van der Waals surface area contributed by atoms with Gasteiger partial charge < -0.3 is 5.32 Å². The van der Waals surface area contributed by atoms with Crippen LogP contribution in [0.25, 0.3) is 0 Å². The van der Waals surface area contributed by atoms with Gasteiger partial charge in [0.05, 0.1) is 5.75 Å². The van der Waals surface area contributed by atoms with Gasteiger partial charge in [-0.15, -0.1) is 0 Å². The fourth-order valence-electron chi connectivity index (χ4n) is 1.14. The van der Waals surface area contributed by atoms with E-state index in [0.717, 1.165) is 5.56 Å². The molecule has 0 atom stereocenters. The molecule has 0 bridgehead atoms. The molecule has 0 saturated heterocycles. The number of hydrogen-bond acceptors (Lipinski definition) is 3. The molecule has 0 aromatic heterocycles. The van der Waals surface area contributed by atoms with Crippen molar-refractivity contribution in [3.8, 4) is 0 Å². The molecule has 5 heteroatoms. The molecule has 0 amide bonds. The lowest BCUT2D eigenvalue weighted by molar-refractivity contribution is 0.595. The number of nitrogens with one attached hydrogen (secondary N) is 1. The molecule has 1 rings (SSSR count). The lowest BCUT2D eigenvalue weighted by atomic mass is 10.2. The zero-order chi connectivity index (χ0) is 11.3. The molecule has 15 heavy (non-hydrogen) atoms. The van der Waals surface area contributed by atoms with Crippen LogP contribution in [0.15, 0.2) is 24.3 Å². The average Bonchev–Trinajstić information content (AvgIpc) is 2.11. The molecule has 84 valence electrons. The van der Waals surface area contributed by atoms with E-state index in [1.54, 1.807) is 12.1 Å². The number of benzene rings is 1. The van der Waals surface area contributed by atoms with Crippen LogP contribution in [0, 0.1) is 5.82 Å². The van der Waals surface area contributed by atoms with Crippen molar-refractivity contribution in [1.29, 1.82) is 0 Å². The van der Waals surface area contributed by atoms with Gasteiger partial charge in [0, 0.05) is 19.3 Å². The van der Waals surface area contributed by atoms with Crippen LogP contribution in [-0.4, -0.2) is 27.0 Å². The van der Waals surface area contributed by atoms with E-state index in [4.69, 9.17) is 0 Å². The van der Waals surface area contributed by atoms with Gasteiger partial charge >= 0.3 is 0 Å². The molecule has 0 aliphatic carbocycles. The van der Waals surface area contributed by atoms with Crippen molar-refractivity contribution in [2.75, 3.05) is 18.6 Å². The quantitative estimate of drug-likeness (QED) is 0.768. The zero-order valence-electron chi connectivity index (χ0n) is 8.53. The largest absolute Gasteiger partial charge is 0.312 e. The molecule has 0 aliphatic rings. The van der Waals surface area contributed by atoms with Gasteiger partial charge in [-0.2, -0.15) is 0 Å². The first-order valence-corrected chi connectivity index (χ1v) is 6.66. The van der Waals surface area contributed by atoms with Gasteiger partial charge in [-0.25, -0.2) is 12.8 Å². The Morgan fingerprint density at radius 2 is 2.13 bits per heavy atom. The molecule has 1 aromatic rings. The molecule has 1 N–H and O–H groups in total. The lowest BCUT2D eigenvalue weighted by Crippen LogP contribution is -2.21. The van der Waals surface area contributed by atoms with E-state index in [1.807, 2.05) is 0 Å². The van der Waals surface area contributed by atoms with Crippen molar-refractivity contribution in [3.63, 3.8) is 0 Å². The van der Waals surface area contributed by atoms with E-state index < -0.39 is 9.84 Å². The summed E-state index contributed by atoms with van der Waals surface area (Å²) in [7, 11) is -2.92. The Labute approximate surface area is 89.2 Å². The minimum atomic E-state index is -2.92. The third kappa shape index (κ3) is 5.49. The predicted octanol–water partition coefficient (Wildman–Crippen LogP) is 0.960. The smallest absolute Gasteiger partial charge is 0.148 e. The molecular weight excluding hydrogens is 217 g/mol. The molecule has 3 nitrogen and oxygen atoms in total. The Balaban J connectivity index is 2.32. The van der Waals surface area contributed by atoms with Crippen LogP contribution in [0.5, 0.6) is 0 Å². The summed E-state index contributed by atoms with van der Waals surface area (Å²) in [6, 6.07) is 6.22. The Hall–Kier alpha value is -0.940. The fraction of sp³-hybridized carbons (Fsp3) is 0.400. The Morgan fingerprint density at radius 1 is 1.40 bits per heavy atom. The lowest BCUT2D eigenvalue weighted by Gasteiger charge is -2.03. The first-order chi connectivity index (χ1) is 6.97. The summed E-state index contributed by atoms with van der Waals surface area (Å²) in [5.74, 6) is -0.181. The maximum Gasteiger partial charge on any atom is 0.148 e. The van der Waals surface area contributed by atoms with E-state index in [2.05, 4.69) is 5.32 Å². The minimum Gasteiger partial charge on any atom is -0.312 e. The summed E-state index contributed by atoms with van der Waals surface area (Å²) in [6.07, 6.45) is 1.19. The van der Waals surface area contributed by atoms with E-state index in [0.29, 0.717) is 13.1 Å². The van der Waals surface area contributed by atoms with Crippen LogP contribution in [0.1, 0.15) is 5.56 Å². The standard InChI is InChI=1S/C10H14FNO2S/c1-15(13,14)6-5-12-8-9-3-2-4-10(11)7-9/h2-4,7,12H,5-6,8H2,1H3. The van der Waals surface area contributed by atoms with Crippen molar-refractivity contribution in [2.24, 2.45) is 0 Å². The monoisotopic (exact) mass is 231 g/mol. The van der Waals surface area contributed by atoms with E-state index >= 15 is 0 Å². The highest BCUT2D eigenvalue weighted by atomic mass is 32.2. The molecule has 0 heterocycles. The summed E-state index contributed by atoms with van der Waals surface area (Å²) in [6.45, 7) is 0.864. The molecule has 0 aliphatic heterocycles. The zero-order valence-corrected chi connectivity index (χ0v) is 9.35. The van der Waals surface area contributed by atoms with Gasteiger partial charge in [-0.1, -0.05) is 12.1 Å². The molecular formula is C10H14FNO2S. The maximum absolute atomic E-state index is 12.7. The minimum absolute atomic E-state index is 0.0995. The molecule has 0 saturated carbocycles. The van der Waals surface area contributed by atoms with Crippen LogP contribution >= 0.6 is 0 Å². The molecule has 0 spiro atoms. The van der Waals surface area contributed by atoms with Gasteiger partial charge in [0.15, 0.2) is 0 Å². The second-order valence-corrected chi connectivity index (χ2v) is 5.70. The third-order valence-electron chi connectivity index (χ3n) is 1.87. The Bertz CT molecular complexity index is 417. The summed E-state index contributed by atoms with van der Waals surface area (Å²) < 4.78 is 34.3. The van der Waals surface area contributed by atoms with E-state index in [9.17, 15) is 12.8 Å². The predicted molar refractivity (Wildman–Crippen MR) is 57.8 cm³/mol. The topological polar surface area (TPSA) is 46.2 Å². The summed E-state index contributed by atoms with van der Waals surface area (Å²) in [5.41, 5.74) is 0.809. The van der Waals surface area contributed by atoms with Crippen molar-refractivity contribution >= 4 is 9.84 Å². The third-order valence-corrected chi connectivity index (χ3v) is 2.81. The van der Waals surface area contributed by atoms with Crippen molar-refractivity contribution in [2.45, 2.75) is 6.54 Å². The summed E-state index contributed by atoms with van der Waals surface area (Å²) in [4.78, 5) is 0. The van der Waals surface area contributed by atoms with Crippen molar-refractivity contribution in [3.05, 3.63) is 35.6 Å².